The Morgan fingerprint density at radius 3 is 2.83 bits per heavy atom. The van der Waals surface area contributed by atoms with Crippen molar-refractivity contribution in [1.82, 2.24) is 4.98 Å². The van der Waals surface area contributed by atoms with Crippen LogP contribution in [0.5, 0.6) is 0 Å². The average molecular weight is 185 g/mol. The molecule has 66 valence electrons. The number of hydrogen-bond acceptors (Lipinski definition) is 2. The van der Waals surface area contributed by atoms with Gasteiger partial charge >= 0.3 is 0 Å². The van der Waals surface area contributed by atoms with Crippen molar-refractivity contribution in [3.05, 3.63) is 23.9 Å². The van der Waals surface area contributed by atoms with Crippen LogP contribution in [-0.2, 0) is 0 Å². The van der Waals surface area contributed by atoms with E-state index in [1.54, 1.807) is 0 Å². The van der Waals surface area contributed by atoms with E-state index in [0.717, 1.165) is 5.82 Å². The summed E-state index contributed by atoms with van der Waals surface area (Å²) in [5, 5.41) is 3.18. The lowest BCUT2D eigenvalue weighted by molar-refractivity contribution is 0.896. The molecular weight excluding hydrogens is 172 g/mol. The van der Waals surface area contributed by atoms with Crippen LogP contribution in [0, 0.1) is 6.92 Å². The molecule has 2 nitrogen and oxygen atoms in total. The topological polar surface area (TPSA) is 24.9 Å². The van der Waals surface area contributed by atoms with Crippen LogP contribution in [0.3, 0.4) is 0 Å². The fourth-order valence-corrected chi connectivity index (χ4v) is 0.921. The van der Waals surface area contributed by atoms with Crippen LogP contribution in [0.25, 0.3) is 0 Å². The van der Waals surface area contributed by atoms with Gasteiger partial charge in [0.15, 0.2) is 0 Å². The summed E-state index contributed by atoms with van der Waals surface area (Å²) in [6.45, 7) is 4.04. The number of aromatic nitrogens is 1. The monoisotopic (exact) mass is 184 g/mol. The van der Waals surface area contributed by atoms with E-state index < -0.39 is 0 Å². The summed E-state index contributed by atoms with van der Waals surface area (Å²) in [5.41, 5.74) is 1.17. The summed E-state index contributed by atoms with van der Waals surface area (Å²) in [6.07, 6.45) is 1.84. The highest BCUT2D eigenvalue weighted by molar-refractivity contribution is 6.18. The van der Waals surface area contributed by atoms with Crippen LogP contribution < -0.4 is 5.32 Å². The smallest absolute Gasteiger partial charge is 0.126 e. The second-order valence-electron chi connectivity index (χ2n) is 2.92. The lowest BCUT2D eigenvalue weighted by atomic mass is 10.3. The van der Waals surface area contributed by atoms with Gasteiger partial charge in [-0.25, -0.2) is 4.98 Å². The Labute approximate surface area is 78.0 Å². The summed E-state index contributed by atoms with van der Waals surface area (Å²) < 4.78 is 0. The van der Waals surface area contributed by atoms with Crippen molar-refractivity contribution in [2.75, 3.05) is 11.2 Å². The third-order valence-electron chi connectivity index (χ3n) is 1.54. The third kappa shape index (κ3) is 2.70. The zero-order chi connectivity index (χ0) is 8.97. The molecule has 1 aromatic heterocycles. The highest BCUT2D eigenvalue weighted by Crippen LogP contribution is 2.05. The minimum absolute atomic E-state index is 0.266. The third-order valence-corrected chi connectivity index (χ3v) is 2.00. The lowest BCUT2D eigenvalue weighted by Gasteiger charge is -2.10. The second kappa shape index (κ2) is 4.31. The van der Waals surface area contributed by atoms with Gasteiger partial charge in [-0.3, -0.25) is 0 Å². The van der Waals surface area contributed by atoms with E-state index >= 15 is 0 Å². The van der Waals surface area contributed by atoms with Crippen LogP contribution in [-0.4, -0.2) is 16.9 Å². The first-order valence-corrected chi connectivity index (χ1v) is 4.51. The zero-order valence-electron chi connectivity index (χ0n) is 7.34. The number of aryl methyl sites for hydroxylation is 1. The lowest BCUT2D eigenvalue weighted by Crippen LogP contribution is -2.17. The van der Waals surface area contributed by atoms with Gasteiger partial charge in [0.1, 0.15) is 5.82 Å². The van der Waals surface area contributed by atoms with Gasteiger partial charge in [0.2, 0.25) is 0 Å². The molecule has 1 heterocycles. The first kappa shape index (κ1) is 9.33. The minimum atomic E-state index is 0.266. The van der Waals surface area contributed by atoms with E-state index in [1.165, 1.54) is 5.56 Å². The number of pyridine rings is 1. The molecule has 0 bridgehead atoms. The highest BCUT2D eigenvalue weighted by Gasteiger charge is 1.99. The Bertz CT molecular complexity index is 233. The molecule has 0 saturated carbocycles. The largest absolute Gasteiger partial charge is 0.366 e. The number of nitrogens with zero attached hydrogens (tertiary/aromatic N) is 1. The summed E-state index contributed by atoms with van der Waals surface area (Å²) >= 11 is 5.64. The zero-order valence-corrected chi connectivity index (χ0v) is 8.10. The van der Waals surface area contributed by atoms with Gasteiger partial charge in [0.25, 0.3) is 0 Å². The van der Waals surface area contributed by atoms with Crippen LogP contribution >= 0.6 is 11.6 Å². The molecule has 1 atom stereocenters. The molecule has 1 aromatic rings. The first-order chi connectivity index (χ1) is 5.72. The molecule has 3 heteroatoms. The molecule has 0 aliphatic carbocycles. The van der Waals surface area contributed by atoms with Gasteiger partial charge in [-0.15, -0.1) is 11.6 Å². The molecule has 1 N–H and O–H groups in total. The normalized spacial score (nSPS) is 12.6. The molecule has 1 rings (SSSR count). The van der Waals surface area contributed by atoms with E-state index in [1.807, 2.05) is 32.2 Å². The van der Waals surface area contributed by atoms with Crippen LogP contribution in [0.2, 0.25) is 0 Å². The predicted molar refractivity (Wildman–Crippen MR) is 52.8 cm³/mol. The summed E-state index contributed by atoms with van der Waals surface area (Å²) in [4.78, 5) is 4.20. The Morgan fingerprint density at radius 1 is 1.58 bits per heavy atom. The minimum Gasteiger partial charge on any atom is -0.366 e. The molecule has 0 aromatic carbocycles. The predicted octanol–water partition coefficient (Wildman–Crippen LogP) is 2.43. The SMILES string of the molecule is Cc1ccc(NC(C)CCl)nc1. The Kier molecular flexibility index (Phi) is 3.35. The summed E-state index contributed by atoms with van der Waals surface area (Å²) in [5.74, 6) is 1.48. The number of hydrogen-bond donors (Lipinski definition) is 1. The van der Waals surface area contributed by atoms with Crippen molar-refractivity contribution in [3.63, 3.8) is 0 Å². The van der Waals surface area contributed by atoms with Crippen molar-refractivity contribution in [2.45, 2.75) is 19.9 Å². The average Bonchev–Trinajstić information content (AvgIpc) is 2.09. The van der Waals surface area contributed by atoms with E-state index in [9.17, 15) is 0 Å². The molecule has 0 fully saturated rings. The van der Waals surface area contributed by atoms with Gasteiger partial charge in [0.05, 0.1) is 0 Å². The number of alkyl halides is 1. The van der Waals surface area contributed by atoms with Gasteiger partial charge in [0, 0.05) is 18.1 Å². The maximum Gasteiger partial charge on any atom is 0.126 e. The van der Waals surface area contributed by atoms with Crippen LogP contribution in [0.4, 0.5) is 5.82 Å². The molecular formula is C9H13ClN2. The molecule has 0 spiro atoms. The second-order valence-corrected chi connectivity index (χ2v) is 3.23. The van der Waals surface area contributed by atoms with E-state index in [-0.39, 0.29) is 6.04 Å². The van der Waals surface area contributed by atoms with E-state index in [2.05, 4.69) is 10.3 Å². The van der Waals surface area contributed by atoms with Crippen molar-refractivity contribution in [3.8, 4) is 0 Å². The maximum atomic E-state index is 5.64. The van der Waals surface area contributed by atoms with E-state index in [4.69, 9.17) is 11.6 Å². The number of halogens is 1. The fraction of sp³-hybridized carbons (Fsp3) is 0.444. The number of rotatable bonds is 3. The van der Waals surface area contributed by atoms with Crippen LogP contribution in [0.15, 0.2) is 18.3 Å². The van der Waals surface area contributed by atoms with Gasteiger partial charge in [-0.2, -0.15) is 0 Å². The van der Waals surface area contributed by atoms with Gasteiger partial charge in [-0.05, 0) is 25.5 Å². The molecule has 0 aliphatic rings. The highest BCUT2D eigenvalue weighted by atomic mass is 35.5. The van der Waals surface area contributed by atoms with Crippen LogP contribution in [0.1, 0.15) is 12.5 Å². The molecule has 1 unspecified atom stereocenters. The number of anilines is 1. The Morgan fingerprint density at radius 2 is 2.33 bits per heavy atom. The van der Waals surface area contributed by atoms with Gasteiger partial charge in [-0.1, -0.05) is 6.07 Å². The maximum absolute atomic E-state index is 5.64. The molecule has 0 saturated heterocycles. The quantitative estimate of drug-likeness (QED) is 0.730. The number of nitrogens with one attached hydrogen (secondary N) is 1. The van der Waals surface area contributed by atoms with E-state index in [0.29, 0.717) is 5.88 Å². The molecule has 12 heavy (non-hydrogen) atoms. The Hall–Kier alpha value is -0.760. The summed E-state index contributed by atoms with van der Waals surface area (Å²) in [7, 11) is 0. The standard InChI is InChI=1S/C9H13ClN2/c1-7-3-4-9(11-6-7)12-8(2)5-10/h3-4,6,8H,5H2,1-2H3,(H,11,12). The van der Waals surface area contributed by atoms with Crippen molar-refractivity contribution in [1.29, 1.82) is 0 Å². The molecule has 0 radical (unpaired) electrons. The Balaban J connectivity index is 2.58. The molecule has 0 amide bonds. The first-order valence-electron chi connectivity index (χ1n) is 3.97. The van der Waals surface area contributed by atoms with Gasteiger partial charge < -0.3 is 5.32 Å². The summed E-state index contributed by atoms with van der Waals surface area (Å²) in [6, 6.07) is 4.25. The van der Waals surface area contributed by atoms with Crippen molar-refractivity contribution in [2.24, 2.45) is 0 Å². The van der Waals surface area contributed by atoms with Crippen molar-refractivity contribution < 1.29 is 0 Å². The van der Waals surface area contributed by atoms with Crippen molar-refractivity contribution >= 4 is 17.4 Å². The fourth-order valence-electron chi connectivity index (χ4n) is 0.844. The molecule has 0 aliphatic heterocycles.